The van der Waals surface area contributed by atoms with Gasteiger partial charge < -0.3 is 9.84 Å². The summed E-state index contributed by atoms with van der Waals surface area (Å²) in [5, 5.41) is 14.0. The minimum atomic E-state index is -0.327. The van der Waals surface area contributed by atoms with Crippen LogP contribution in [0.4, 0.5) is 0 Å². The minimum absolute atomic E-state index is 0.000883. The lowest BCUT2D eigenvalue weighted by Crippen LogP contribution is -2.17. The van der Waals surface area contributed by atoms with Crippen molar-refractivity contribution in [2.24, 2.45) is 5.10 Å². The molecule has 0 atom stereocenters. The zero-order valence-corrected chi connectivity index (χ0v) is 17.3. The first-order chi connectivity index (χ1) is 11.4. The minimum Gasteiger partial charge on any atom is -0.503 e. The quantitative estimate of drug-likeness (QED) is 0.438. The van der Waals surface area contributed by atoms with Crippen molar-refractivity contribution in [2.45, 2.75) is 6.92 Å². The van der Waals surface area contributed by atoms with E-state index in [0.717, 1.165) is 4.47 Å². The van der Waals surface area contributed by atoms with Gasteiger partial charge in [0.2, 0.25) is 0 Å². The number of carbonyl (C=O) groups excluding carboxylic acids is 1. The number of halogens is 3. The molecule has 0 bridgehead atoms. The fourth-order valence-electron chi connectivity index (χ4n) is 1.83. The predicted molar refractivity (Wildman–Crippen MR) is 104 cm³/mol. The number of hydrogen-bond donors (Lipinski definition) is 2. The molecule has 0 fully saturated rings. The molecule has 24 heavy (non-hydrogen) atoms. The predicted octanol–water partition coefficient (Wildman–Crippen LogP) is 4.84. The number of hydrogen-bond acceptors (Lipinski definition) is 4. The molecule has 0 aromatic heterocycles. The van der Waals surface area contributed by atoms with Gasteiger partial charge in [-0.25, -0.2) is 5.43 Å². The summed E-state index contributed by atoms with van der Waals surface area (Å²) in [5.74, 6) is -0.00191. The first-order valence-electron chi connectivity index (χ1n) is 6.86. The molecule has 0 radical (unpaired) electrons. The lowest BCUT2D eigenvalue weighted by Gasteiger charge is -2.10. The lowest BCUT2D eigenvalue weighted by atomic mass is 10.2. The Labute approximate surface area is 164 Å². The van der Waals surface area contributed by atoms with E-state index < -0.39 is 0 Å². The number of nitrogens with one attached hydrogen (secondary N) is 1. The normalized spacial score (nSPS) is 10.8. The summed E-state index contributed by atoms with van der Waals surface area (Å²) in [6.45, 7) is 2.24. The average molecular weight is 521 g/mol. The van der Waals surface area contributed by atoms with Crippen molar-refractivity contribution in [1.29, 1.82) is 0 Å². The van der Waals surface area contributed by atoms with E-state index in [2.05, 4.69) is 58.3 Å². The van der Waals surface area contributed by atoms with Crippen LogP contribution in [0.5, 0.6) is 11.5 Å². The maximum absolute atomic E-state index is 12.0. The van der Waals surface area contributed by atoms with E-state index >= 15 is 0 Å². The van der Waals surface area contributed by atoms with Crippen molar-refractivity contribution < 1.29 is 14.6 Å². The first kappa shape index (κ1) is 19.0. The Hall–Kier alpha value is -1.38. The van der Waals surface area contributed by atoms with Crippen LogP contribution in [0.2, 0.25) is 0 Å². The molecule has 0 heterocycles. The Balaban J connectivity index is 2.18. The van der Waals surface area contributed by atoms with Crippen molar-refractivity contribution in [2.75, 3.05) is 6.61 Å². The highest BCUT2D eigenvalue weighted by Gasteiger charge is 2.14. The topological polar surface area (TPSA) is 70.9 Å². The van der Waals surface area contributed by atoms with Crippen molar-refractivity contribution in [3.8, 4) is 11.5 Å². The van der Waals surface area contributed by atoms with E-state index in [1.165, 1.54) is 6.21 Å². The van der Waals surface area contributed by atoms with Crippen molar-refractivity contribution >= 4 is 59.9 Å². The summed E-state index contributed by atoms with van der Waals surface area (Å²) in [5.41, 5.74) is 3.58. The second-order valence-corrected chi connectivity index (χ2v) is 7.08. The van der Waals surface area contributed by atoms with E-state index in [9.17, 15) is 9.90 Å². The van der Waals surface area contributed by atoms with Gasteiger partial charge in [-0.3, -0.25) is 4.79 Å². The number of aromatic hydroxyl groups is 1. The molecule has 2 rings (SSSR count). The van der Waals surface area contributed by atoms with Crippen LogP contribution in [0.15, 0.2) is 48.9 Å². The maximum Gasteiger partial charge on any atom is 0.271 e. The second kappa shape index (κ2) is 8.64. The number of phenols is 1. The highest BCUT2D eigenvalue weighted by atomic mass is 79.9. The molecular weight excluding hydrogens is 508 g/mol. The zero-order chi connectivity index (χ0) is 17.7. The van der Waals surface area contributed by atoms with E-state index in [-0.39, 0.29) is 11.7 Å². The molecule has 0 aliphatic rings. The largest absolute Gasteiger partial charge is 0.503 e. The summed E-state index contributed by atoms with van der Waals surface area (Å²) < 4.78 is 7.23. The third-order valence-electron chi connectivity index (χ3n) is 2.93. The molecule has 0 spiro atoms. The number of benzene rings is 2. The molecule has 126 valence electrons. The number of nitrogens with zero attached hydrogens (tertiary/aromatic N) is 1. The summed E-state index contributed by atoms with van der Waals surface area (Å²) >= 11 is 9.97. The Morgan fingerprint density at radius 3 is 2.71 bits per heavy atom. The molecule has 0 aliphatic heterocycles. The number of hydrazone groups is 1. The number of amides is 1. The lowest BCUT2D eigenvalue weighted by molar-refractivity contribution is 0.0955. The summed E-state index contributed by atoms with van der Waals surface area (Å²) in [6, 6.07) is 8.62. The molecule has 0 saturated carbocycles. The molecule has 0 unspecified atom stereocenters. The van der Waals surface area contributed by atoms with Crippen molar-refractivity contribution in [3.05, 3.63) is 54.9 Å². The van der Waals surface area contributed by atoms with Crippen LogP contribution in [0.25, 0.3) is 0 Å². The van der Waals surface area contributed by atoms with Gasteiger partial charge in [0, 0.05) is 20.1 Å². The average Bonchev–Trinajstić information content (AvgIpc) is 2.56. The summed E-state index contributed by atoms with van der Waals surface area (Å²) in [6.07, 6.45) is 1.46. The molecule has 0 aliphatic carbocycles. The van der Waals surface area contributed by atoms with Crippen molar-refractivity contribution in [1.82, 2.24) is 5.43 Å². The van der Waals surface area contributed by atoms with Gasteiger partial charge in [-0.05, 0) is 63.0 Å². The van der Waals surface area contributed by atoms with E-state index in [1.807, 2.05) is 13.0 Å². The third kappa shape index (κ3) is 4.58. The zero-order valence-electron chi connectivity index (χ0n) is 12.5. The maximum atomic E-state index is 12.0. The van der Waals surface area contributed by atoms with Gasteiger partial charge in [0.15, 0.2) is 11.5 Å². The van der Waals surface area contributed by atoms with Crippen LogP contribution in [0, 0.1) is 0 Å². The first-order valence-corrected chi connectivity index (χ1v) is 9.24. The van der Waals surface area contributed by atoms with E-state index in [4.69, 9.17) is 4.74 Å². The fourth-order valence-corrected chi connectivity index (χ4v) is 3.05. The number of ether oxygens (including phenoxy) is 1. The summed E-state index contributed by atoms with van der Waals surface area (Å²) in [4.78, 5) is 12.0. The van der Waals surface area contributed by atoms with Gasteiger partial charge in [0.1, 0.15) is 0 Å². The highest BCUT2D eigenvalue weighted by Crippen LogP contribution is 2.41. The molecule has 2 N–H and O–H groups in total. The van der Waals surface area contributed by atoms with Gasteiger partial charge in [-0.2, -0.15) is 5.10 Å². The standard InChI is InChI=1S/C16H13Br3N2O3/c1-2-24-12-7-10(13(18)14(19)15(12)22)8-20-21-16(23)9-4-3-5-11(17)6-9/h3-8,22H,2H2,1H3,(H,21,23)/b20-8+. The number of phenolic OH excluding ortho intramolecular Hbond substituents is 1. The van der Waals surface area contributed by atoms with E-state index in [1.54, 1.807) is 24.3 Å². The van der Waals surface area contributed by atoms with Crippen molar-refractivity contribution in [3.63, 3.8) is 0 Å². The Bertz CT molecular complexity index is 794. The molecular formula is C16H13Br3N2O3. The Morgan fingerprint density at radius 1 is 1.29 bits per heavy atom. The molecule has 2 aromatic rings. The monoisotopic (exact) mass is 518 g/mol. The van der Waals surface area contributed by atoms with Gasteiger partial charge in [0.05, 0.1) is 17.3 Å². The third-order valence-corrected chi connectivity index (χ3v) is 5.58. The van der Waals surface area contributed by atoms with Gasteiger partial charge in [-0.15, -0.1) is 0 Å². The summed E-state index contributed by atoms with van der Waals surface area (Å²) in [7, 11) is 0. The van der Waals surface area contributed by atoms with Crippen LogP contribution < -0.4 is 10.2 Å². The van der Waals surface area contributed by atoms with Crippen LogP contribution in [-0.4, -0.2) is 23.8 Å². The molecule has 2 aromatic carbocycles. The Morgan fingerprint density at radius 2 is 2.04 bits per heavy atom. The van der Waals surface area contributed by atoms with Crippen LogP contribution in [-0.2, 0) is 0 Å². The fraction of sp³-hybridized carbons (Fsp3) is 0.125. The number of carbonyl (C=O) groups is 1. The number of rotatable bonds is 5. The molecule has 5 nitrogen and oxygen atoms in total. The second-order valence-electron chi connectivity index (χ2n) is 4.58. The smallest absolute Gasteiger partial charge is 0.271 e. The van der Waals surface area contributed by atoms with Gasteiger partial charge in [-0.1, -0.05) is 22.0 Å². The highest BCUT2D eigenvalue weighted by molar-refractivity contribution is 9.13. The molecule has 0 saturated heterocycles. The van der Waals surface area contributed by atoms with E-state index in [0.29, 0.717) is 32.4 Å². The van der Waals surface area contributed by atoms with Crippen LogP contribution in [0.1, 0.15) is 22.8 Å². The Kier molecular flexibility index (Phi) is 6.82. The molecule has 1 amide bonds. The van der Waals surface area contributed by atoms with Crippen LogP contribution in [0.3, 0.4) is 0 Å². The van der Waals surface area contributed by atoms with Gasteiger partial charge in [0.25, 0.3) is 5.91 Å². The van der Waals surface area contributed by atoms with Crippen LogP contribution >= 0.6 is 47.8 Å². The SMILES string of the molecule is CCOc1cc(/C=N/NC(=O)c2cccc(Br)c2)c(Br)c(Br)c1O. The molecule has 8 heteroatoms. The van der Waals surface area contributed by atoms with Gasteiger partial charge >= 0.3 is 0 Å².